The second-order valence-electron chi connectivity index (χ2n) is 4.04. The summed E-state index contributed by atoms with van der Waals surface area (Å²) in [7, 11) is -3.87. The highest BCUT2D eigenvalue weighted by Crippen LogP contribution is 2.28. The summed E-state index contributed by atoms with van der Waals surface area (Å²) in [5, 5.41) is 10.9. The van der Waals surface area contributed by atoms with Gasteiger partial charge in [-0.05, 0) is 25.1 Å². The van der Waals surface area contributed by atoms with Crippen molar-refractivity contribution in [1.29, 1.82) is 0 Å². The van der Waals surface area contributed by atoms with Gasteiger partial charge in [0.1, 0.15) is 4.90 Å². The van der Waals surface area contributed by atoms with Crippen LogP contribution in [0.4, 0.5) is 5.69 Å². The number of sulfone groups is 1. The van der Waals surface area contributed by atoms with E-state index in [4.69, 9.17) is 0 Å². The Morgan fingerprint density at radius 2 is 1.58 bits per heavy atom. The molecule has 0 amide bonds. The molecule has 0 unspecified atom stereocenters. The predicted molar refractivity (Wildman–Crippen MR) is 69.7 cm³/mol. The lowest BCUT2D eigenvalue weighted by molar-refractivity contribution is -0.387. The molecule has 0 fully saturated rings. The molecule has 0 aliphatic carbocycles. The van der Waals surface area contributed by atoms with Gasteiger partial charge in [-0.3, -0.25) is 10.1 Å². The van der Waals surface area contributed by atoms with E-state index in [9.17, 15) is 18.5 Å². The minimum atomic E-state index is -3.87. The Morgan fingerprint density at radius 1 is 1.00 bits per heavy atom. The fraction of sp³-hybridized carbons (Fsp3) is 0.0769. The number of aryl methyl sites for hydroxylation is 1. The maximum Gasteiger partial charge on any atom is 0.288 e. The van der Waals surface area contributed by atoms with Crippen molar-refractivity contribution in [3.8, 4) is 0 Å². The van der Waals surface area contributed by atoms with Crippen LogP contribution in [0.15, 0.2) is 58.3 Å². The lowest BCUT2D eigenvalue weighted by Gasteiger charge is -2.05. The topological polar surface area (TPSA) is 77.3 Å². The molecule has 98 valence electrons. The molecule has 0 N–H and O–H groups in total. The monoisotopic (exact) mass is 277 g/mol. The quantitative estimate of drug-likeness (QED) is 0.638. The van der Waals surface area contributed by atoms with Crippen LogP contribution in [0.3, 0.4) is 0 Å². The van der Waals surface area contributed by atoms with E-state index in [0.29, 0.717) is 0 Å². The Labute approximate surface area is 110 Å². The number of rotatable bonds is 3. The first-order valence-corrected chi connectivity index (χ1v) is 6.96. The van der Waals surface area contributed by atoms with Crippen molar-refractivity contribution in [3.05, 3.63) is 64.2 Å². The molecule has 0 radical (unpaired) electrons. The number of hydrogen-bond donors (Lipinski definition) is 0. The van der Waals surface area contributed by atoms with Crippen LogP contribution in [0.5, 0.6) is 0 Å². The molecule has 0 spiro atoms. The standard InChI is InChI=1S/C13H11NO4S/c1-10-6-8-11(9-7-10)19(17,18)13-5-3-2-4-12(13)14(15)16/h2-9H,1H3. The molecule has 5 nitrogen and oxygen atoms in total. The normalized spacial score (nSPS) is 11.2. The van der Waals surface area contributed by atoms with Gasteiger partial charge in [-0.2, -0.15) is 0 Å². The molecule has 0 heterocycles. The van der Waals surface area contributed by atoms with E-state index < -0.39 is 20.4 Å². The molecular weight excluding hydrogens is 266 g/mol. The maximum absolute atomic E-state index is 12.4. The number of benzene rings is 2. The van der Waals surface area contributed by atoms with Gasteiger partial charge in [0.15, 0.2) is 0 Å². The Hall–Kier alpha value is -2.21. The number of hydrogen-bond acceptors (Lipinski definition) is 4. The summed E-state index contributed by atoms with van der Waals surface area (Å²) in [6, 6.07) is 11.5. The molecular formula is C13H11NO4S. The summed E-state index contributed by atoms with van der Waals surface area (Å²) in [4.78, 5) is 9.96. The number of nitro benzene ring substituents is 1. The van der Waals surface area contributed by atoms with Gasteiger partial charge < -0.3 is 0 Å². The maximum atomic E-state index is 12.4. The van der Waals surface area contributed by atoms with Gasteiger partial charge in [-0.15, -0.1) is 0 Å². The van der Waals surface area contributed by atoms with Crippen LogP contribution in [0.2, 0.25) is 0 Å². The van der Waals surface area contributed by atoms with E-state index in [1.807, 2.05) is 6.92 Å². The Kier molecular flexibility index (Phi) is 3.35. The van der Waals surface area contributed by atoms with E-state index in [1.165, 1.54) is 36.4 Å². The van der Waals surface area contributed by atoms with Gasteiger partial charge in [-0.1, -0.05) is 29.8 Å². The van der Waals surface area contributed by atoms with Crippen molar-refractivity contribution < 1.29 is 13.3 Å². The van der Waals surface area contributed by atoms with Crippen LogP contribution < -0.4 is 0 Å². The second kappa shape index (κ2) is 4.81. The van der Waals surface area contributed by atoms with Crippen molar-refractivity contribution in [2.45, 2.75) is 16.7 Å². The number of para-hydroxylation sites is 1. The third kappa shape index (κ3) is 2.48. The van der Waals surface area contributed by atoms with Gasteiger partial charge in [0.2, 0.25) is 9.84 Å². The molecule has 19 heavy (non-hydrogen) atoms. The molecule has 0 aromatic heterocycles. The summed E-state index contributed by atoms with van der Waals surface area (Å²) in [5.74, 6) is 0. The lowest BCUT2D eigenvalue weighted by Crippen LogP contribution is -2.05. The molecule has 0 aliphatic heterocycles. The molecule has 2 aromatic rings. The minimum Gasteiger partial charge on any atom is -0.258 e. The van der Waals surface area contributed by atoms with Crippen molar-refractivity contribution in [2.24, 2.45) is 0 Å². The molecule has 0 atom stereocenters. The van der Waals surface area contributed by atoms with E-state index in [0.717, 1.165) is 5.56 Å². The number of nitro groups is 1. The second-order valence-corrected chi connectivity index (χ2v) is 5.96. The van der Waals surface area contributed by atoms with Crippen molar-refractivity contribution in [1.82, 2.24) is 0 Å². The van der Waals surface area contributed by atoms with Crippen LogP contribution in [0.25, 0.3) is 0 Å². The van der Waals surface area contributed by atoms with Crippen molar-refractivity contribution >= 4 is 15.5 Å². The first kappa shape index (κ1) is 13.2. The lowest BCUT2D eigenvalue weighted by atomic mass is 10.2. The summed E-state index contributed by atoms with van der Waals surface area (Å²) in [5.41, 5.74) is 0.504. The highest BCUT2D eigenvalue weighted by molar-refractivity contribution is 7.91. The molecule has 0 bridgehead atoms. The van der Waals surface area contributed by atoms with Crippen LogP contribution in [-0.4, -0.2) is 13.3 Å². The van der Waals surface area contributed by atoms with Gasteiger partial charge in [0.25, 0.3) is 5.69 Å². The highest BCUT2D eigenvalue weighted by atomic mass is 32.2. The molecule has 0 saturated heterocycles. The average Bonchev–Trinajstić information content (AvgIpc) is 2.39. The smallest absolute Gasteiger partial charge is 0.258 e. The largest absolute Gasteiger partial charge is 0.288 e. The third-order valence-corrected chi connectivity index (χ3v) is 4.50. The summed E-state index contributed by atoms with van der Waals surface area (Å²) < 4.78 is 24.7. The first-order valence-electron chi connectivity index (χ1n) is 5.48. The van der Waals surface area contributed by atoms with Crippen LogP contribution >= 0.6 is 0 Å². The zero-order valence-electron chi connectivity index (χ0n) is 10.1. The van der Waals surface area contributed by atoms with Gasteiger partial charge in [-0.25, -0.2) is 8.42 Å². The highest BCUT2D eigenvalue weighted by Gasteiger charge is 2.26. The fourth-order valence-corrected chi connectivity index (χ4v) is 3.10. The van der Waals surface area contributed by atoms with Gasteiger partial charge in [0, 0.05) is 6.07 Å². The Bertz CT molecular complexity index is 721. The van der Waals surface area contributed by atoms with Crippen molar-refractivity contribution in [2.75, 3.05) is 0 Å². The average molecular weight is 277 g/mol. The molecule has 2 aromatic carbocycles. The SMILES string of the molecule is Cc1ccc(S(=O)(=O)c2ccccc2[N+](=O)[O-])cc1. The van der Waals surface area contributed by atoms with Crippen LogP contribution in [-0.2, 0) is 9.84 Å². The zero-order chi connectivity index (χ0) is 14.0. The molecule has 2 rings (SSSR count). The van der Waals surface area contributed by atoms with Gasteiger partial charge >= 0.3 is 0 Å². The van der Waals surface area contributed by atoms with Crippen molar-refractivity contribution in [3.63, 3.8) is 0 Å². The molecule has 6 heteroatoms. The van der Waals surface area contributed by atoms with E-state index >= 15 is 0 Å². The summed E-state index contributed by atoms with van der Waals surface area (Å²) in [6.07, 6.45) is 0. The number of nitrogens with zero attached hydrogens (tertiary/aromatic N) is 1. The van der Waals surface area contributed by atoms with Gasteiger partial charge in [0.05, 0.1) is 9.82 Å². The fourth-order valence-electron chi connectivity index (χ4n) is 1.68. The minimum absolute atomic E-state index is 0.0485. The molecule has 0 aliphatic rings. The zero-order valence-corrected chi connectivity index (χ0v) is 10.9. The third-order valence-electron chi connectivity index (χ3n) is 2.68. The predicted octanol–water partition coefficient (Wildman–Crippen LogP) is 2.74. The van der Waals surface area contributed by atoms with E-state index in [1.54, 1.807) is 12.1 Å². The van der Waals surface area contributed by atoms with E-state index in [2.05, 4.69) is 0 Å². The summed E-state index contributed by atoms with van der Waals surface area (Å²) >= 11 is 0. The first-order chi connectivity index (χ1) is 8.93. The van der Waals surface area contributed by atoms with Crippen LogP contribution in [0, 0.1) is 17.0 Å². The Balaban J connectivity index is 2.63. The molecule has 0 saturated carbocycles. The Morgan fingerprint density at radius 3 is 2.16 bits per heavy atom. The summed E-state index contributed by atoms with van der Waals surface area (Å²) in [6.45, 7) is 1.83. The van der Waals surface area contributed by atoms with Crippen LogP contribution in [0.1, 0.15) is 5.56 Å². The van der Waals surface area contributed by atoms with E-state index in [-0.39, 0.29) is 9.79 Å².